The molecule has 1 aliphatic heterocycles. The largest absolute Gasteiger partial charge is 0.492 e. The van der Waals surface area contributed by atoms with Crippen molar-refractivity contribution >= 4 is 11.5 Å². The highest BCUT2D eigenvalue weighted by atomic mass is 19.1. The number of carbonyl (C=O) groups is 1. The summed E-state index contributed by atoms with van der Waals surface area (Å²) in [6.07, 6.45) is 0.513. The van der Waals surface area contributed by atoms with E-state index in [0.29, 0.717) is 18.7 Å². The molecule has 0 aliphatic carbocycles. The molecule has 0 aromatic heterocycles. The maximum atomic E-state index is 13.9. The van der Waals surface area contributed by atoms with E-state index >= 15 is 0 Å². The van der Waals surface area contributed by atoms with Gasteiger partial charge in [-0.3, -0.25) is 9.69 Å². The van der Waals surface area contributed by atoms with Crippen LogP contribution in [0.5, 0.6) is 5.75 Å². The van der Waals surface area contributed by atoms with Crippen molar-refractivity contribution in [3.05, 3.63) is 59.9 Å². The molecule has 1 fully saturated rings. The maximum Gasteiger partial charge on any atom is 0.162 e. The average molecular weight is 356 g/mol. The molecule has 1 heterocycles. The molecule has 138 valence electrons. The predicted octanol–water partition coefficient (Wildman–Crippen LogP) is 3.62. The number of para-hydroxylation sites is 1. The van der Waals surface area contributed by atoms with E-state index in [1.807, 2.05) is 43.3 Å². The fourth-order valence-corrected chi connectivity index (χ4v) is 3.15. The summed E-state index contributed by atoms with van der Waals surface area (Å²) in [5, 5.41) is 0. The Bertz CT molecular complexity index is 725. The van der Waals surface area contributed by atoms with Gasteiger partial charge in [-0.1, -0.05) is 19.1 Å². The summed E-state index contributed by atoms with van der Waals surface area (Å²) in [7, 11) is 0. The number of hydrogen-bond donors (Lipinski definition) is 0. The second kappa shape index (κ2) is 8.81. The number of carbonyl (C=O) groups excluding carboxylic acids is 1. The minimum atomic E-state index is -0.158. The molecular weight excluding hydrogens is 331 g/mol. The molecule has 1 aliphatic rings. The van der Waals surface area contributed by atoms with Crippen LogP contribution in [0, 0.1) is 5.82 Å². The quantitative estimate of drug-likeness (QED) is 0.710. The number of anilines is 1. The Balaban J connectivity index is 1.41. The lowest BCUT2D eigenvalue weighted by molar-refractivity contribution is 0.0988. The van der Waals surface area contributed by atoms with Gasteiger partial charge in [-0.25, -0.2) is 4.39 Å². The van der Waals surface area contributed by atoms with E-state index in [9.17, 15) is 9.18 Å². The van der Waals surface area contributed by atoms with Gasteiger partial charge in [0.1, 0.15) is 18.2 Å². The number of hydrogen-bond acceptors (Lipinski definition) is 4. The first-order valence-corrected chi connectivity index (χ1v) is 9.15. The summed E-state index contributed by atoms with van der Waals surface area (Å²) in [5.41, 5.74) is 1.41. The second-order valence-electron chi connectivity index (χ2n) is 6.43. The smallest absolute Gasteiger partial charge is 0.162 e. The number of ether oxygens (including phenoxy) is 1. The summed E-state index contributed by atoms with van der Waals surface area (Å²) in [4.78, 5) is 16.0. The fraction of sp³-hybridized carbons (Fsp3) is 0.381. The van der Waals surface area contributed by atoms with Crippen molar-refractivity contribution < 1.29 is 13.9 Å². The SMILES string of the molecule is CCC(=O)c1ccc(OCCN2CCN(c3ccccc3F)CC2)cc1. The molecule has 4 nitrogen and oxygen atoms in total. The van der Waals surface area contributed by atoms with Crippen molar-refractivity contribution in [3.63, 3.8) is 0 Å². The van der Waals surface area contributed by atoms with Crippen LogP contribution in [-0.4, -0.2) is 50.0 Å². The first kappa shape index (κ1) is 18.4. The van der Waals surface area contributed by atoms with Gasteiger partial charge in [-0.05, 0) is 36.4 Å². The molecule has 5 heteroatoms. The highest BCUT2D eigenvalue weighted by Crippen LogP contribution is 2.20. The highest BCUT2D eigenvalue weighted by Gasteiger charge is 2.19. The zero-order chi connectivity index (χ0) is 18.4. The van der Waals surface area contributed by atoms with Crippen LogP contribution >= 0.6 is 0 Å². The number of ketones is 1. The van der Waals surface area contributed by atoms with Gasteiger partial charge in [0.2, 0.25) is 0 Å². The van der Waals surface area contributed by atoms with Crippen molar-refractivity contribution in [2.24, 2.45) is 0 Å². The van der Waals surface area contributed by atoms with Gasteiger partial charge in [0.05, 0.1) is 5.69 Å². The van der Waals surface area contributed by atoms with Crippen LogP contribution in [-0.2, 0) is 0 Å². The van der Waals surface area contributed by atoms with E-state index < -0.39 is 0 Å². The summed E-state index contributed by atoms with van der Waals surface area (Å²) in [6, 6.07) is 14.3. The van der Waals surface area contributed by atoms with Crippen LogP contribution in [0.3, 0.4) is 0 Å². The minimum absolute atomic E-state index is 0.143. The minimum Gasteiger partial charge on any atom is -0.492 e. The van der Waals surface area contributed by atoms with Crippen LogP contribution in [0.4, 0.5) is 10.1 Å². The Kier molecular flexibility index (Phi) is 6.23. The van der Waals surface area contributed by atoms with Gasteiger partial charge in [0, 0.05) is 44.7 Å². The maximum absolute atomic E-state index is 13.9. The van der Waals surface area contributed by atoms with E-state index in [4.69, 9.17) is 4.74 Å². The molecule has 1 saturated heterocycles. The van der Waals surface area contributed by atoms with E-state index in [2.05, 4.69) is 9.80 Å². The van der Waals surface area contributed by atoms with E-state index in [1.54, 1.807) is 6.07 Å². The summed E-state index contributed by atoms with van der Waals surface area (Å²) in [5.74, 6) is 0.765. The van der Waals surface area contributed by atoms with Gasteiger partial charge >= 0.3 is 0 Å². The lowest BCUT2D eigenvalue weighted by atomic mass is 10.1. The molecule has 26 heavy (non-hydrogen) atoms. The third-order valence-corrected chi connectivity index (χ3v) is 4.74. The molecular formula is C21H25FN2O2. The molecule has 0 N–H and O–H groups in total. The Morgan fingerprint density at radius 2 is 1.73 bits per heavy atom. The molecule has 2 aromatic carbocycles. The van der Waals surface area contributed by atoms with E-state index in [0.717, 1.165) is 44.0 Å². The summed E-state index contributed by atoms with van der Waals surface area (Å²) in [6.45, 7) is 6.70. The monoisotopic (exact) mass is 356 g/mol. The molecule has 0 bridgehead atoms. The molecule has 0 radical (unpaired) electrons. The molecule has 0 unspecified atom stereocenters. The molecule has 0 atom stereocenters. The molecule has 0 spiro atoms. The number of benzene rings is 2. The molecule has 2 aromatic rings. The Hall–Kier alpha value is -2.40. The van der Waals surface area contributed by atoms with Gasteiger partial charge in [0.15, 0.2) is 5.78 Å². The Morgan fingerprint density at radius 1 is 1.04 bits per heavy atom. The Labute approximate surface area is 154 Å². The zero-order valence-corrected chi connectivity index (χ0v) is 15.2. The van der Waals surface area contributed by atoms with Gasteiger partial charge in [0.25, 0.3) is 0 Å². The summed E-state index contributed by atoms with van der Waals surface area (Å²) < 4.78 is 19.6. The number of rotatable bonds is 7. The van der Waals surface area contributed by atoms with Crippen LogP contribution in [0.1, 0.15) is 23.7 Å². The third kappa shape index (κ3) is 4.61. The van der Waals surface area contributed by atoms with Gasteiger partial charge in [-0.2, -0.15) is 0 Å². The lowest BCUT2D eigenvalue weighted by Crippen LogP contribution is -2.47. The van der Waals surface area contributed by atoms with Crippen LogP contribution < -0.4 is 9.64 Å². The van der Waals surface area contributed by atoms with Crippen molar-refractivity contribution in [1.29, 1.82) is 0 Å². The standard InChI is InChI=1S/C21H25FN2O2/c1-2-21(25)17-7-9-18(10-8-17)26-16-15-23-11-13-24(14-12-23)20-6-4-3-5-19(20)22/h3-10H,2,11-16H2,1H3. The first-order valence-electron chi connectivity index (χ1n) is 9.15. The highest BCUT2D eigenvalue weighted by molar-refractivity contribution is 5.95. The third-order valence-electron chi connectivity index (χ3n) is 4.74. The molecule has 3 rings (SSSR count). The second-order valence-corrected chi connectivity index (χ2v) is 6.43. The van der Waals surface area contributed by atoms with Crippen LogP contribution in [0.2, 0.25) is 0 Å². The van der Waals surface area contributed by atoms with Crippen molar-refractivity contribution in [3.8, 4) is 5.75 Å². The van der Waals surface area contributed by atoms with Crippen LogP contribution in [0.25, 0.3) is 0 Å². The van der Waals surface area contributed by atoms with E-state index in [-0.39, 0.29) is 11.6 Å². The van der Waals surface area contributed by atoms with Crippen molar-refractivity contribution in [2.45, 2.75) is 13.3 Å². The van der Waals surface area contributed by atoms with Crippen LogP contribution in [0.15, 0.2) is 48.5 Å². The summed E-state index contributed by atoms with van der Waals surface area (Å²) >= 11 is 0. The predicted molar refractivity (Wildman–Crippen MR) is 102 cm³/mol. The van der Waals surface area contributed by atoms with Gasteiger partial charge < -0.3 is 9.64 Å². The number of piperazine rings is 1. The average Bonchev–Trinajstić information content (AvgIpc) is 2.69. The topological polar surface area (TPSA) is 32.8 Å². The normalized spacial score (nSPS) is 15.1. The van der Waals surface area contributed by atoms with E-state index in [1.165, 1.54) is 6.07 Å². The molecule has 0 saturated carbocycles. The number of halogens is 1. The number of Topliss-reactive ketones (excluding diaryl/α,β-unsaturated/α-hetero) is 1. The van der Waals surface area contributed by atoms with Gasteiger partial charge in [-0.15, -0.1) is 0 Å². The van der Waals surface area contributed by atoms with Crippen molar-refractivity contribution in [1.82, 2.24) is 4.90 Å². The fourth-order valence-electron chi connectivity index (χ4n) is 3.15. The lowest BCUT2D eigenvalue weighted by Gasteiger charge is -2.36. The first-order chi connectivity index (χ1) is 12.7. The zero-order valence-electron chi connectivity index (χ0n) is 15.2. The Morgan fingerprint density at radius 3 is 2.38 bits per heavy atom. The molecule has 0 amide bonds. The number of nitrogens with zero attached hydrogens (tertiary/aromatic N) is 2. The van der Waals surface area contributed by atoms with Crippen molar-refractivity contribution in [2.75, 3.05) is 44.2 Å².